The summed E-state index contributed by atoms with van der Waals surface area (Å²) >= 11 is 11.7. The molecule has 112 valence electrons. The zero-order chi connectivity index (χ0) is 15.0. The highest BCUT2D eigenvalue weighted by Gasteiger charge is 2.30. The minimum atomic E-state index is -0.349. The Labute approximate surface area is 129 Å². The number of hydrogen-bond donors (Lipinski definition) is 0. The zero-order valence-electron chi connectivity index (χ0n) is 11.0. The van der Waals surface area contributed by atoms with Crippen LogP contribution in [0.25, 0.3) is 11.2 Å². The van der Waals surface area contributed by atoms with E-state index in [4.69, 9.17) is 32.7 Å². The van der Waals surface area contributed by atoms with Crippen molar-refractivity contribution in [2.24, 2.45) is 0 Å². The molecule has 8 nitrogen and oxygen atoms in total. The molecule has 21 heavy (non-hydrogen) atoms. The van der Waals surface area contributed by atoms with E-state index in [0.717, 1.165) is 6.42 Å². The number of nitrogens with zero attached hydrogens (tertiary/aromatic N) is 5. The summed E-state index contributed by atoms with van der Waals surface area (Å²) in [5.74, 6) is -0.334. The smallest absolute Gasteiger partial charge is 0.302 e. The second-order valence-corrected chi connectivity index (χ2v) is 5.28. The number of fused-ring (bicyclic) bond motifs is 1. The van der Waals surface area contributed by atoms with Crippen molar-refractivity contribution >= 4 is 40.3 Å². The van der Waals surface area contributed by atoms with Crippen molar-refractivity contribution in [3.05, 3.63) is 10.4 Å². The molecule has 3 rings (SSSR count). The minimum absolute atomic E-state index is 0.0190. The first-order valence-corrected chi connectivity index (χ1v) is 7.03. The average Bonchev–Trinajstić information content (AvgIpc) is 3.02. The van der Waals surface area contributed by atoms with Gasteiger partial charge in [0.15, 0.2) is 22.5 Å². The quantitative estimate of drug-likeness (QED) is 0.480. The van der Waals surface area contributed by atoms with Crippen LogP contribution < -0.4 is 0 Å². The number of halogens is 2. The number of carbonyl (C=O) groups excluding carboxylic acids is 1. The Bertz CT molecular complexity index is 692. The fourth-order valence-electron chi connectivity index (χ4n) is 2.17. The Hall–Kier alpha value is -1.51. The second-order valence-electron chi connectivity index (χ2n) is 4.58. The van der Waals surface area contributed by atoms with E-state index in [1.165, 1.54) is 11.6 Å². The average molecular weight is 332 g/mol. The number of hydrogen-bond acceptors (Lipinski definition) is 7. The summed E-state index contributed by atoms with van der Waals surface area (Å²) in [6.45, 7) is 1.58. The van der Waals surface area contributed by atoms with Gasteiger partial charge in [0.05, 0.1) is 6.10 Å². The maximum atomic E-state index is 10.8. The van der Waals surface area contributed by atoms with Crippen molar-refractivity contribution in [1.82, 2.24) is 25.0 Å². The molecule has 1 aliphatic rings. The van der Waals surface area contributed by atoms with Crippen LogP contribution in [-0.2, 0) is 14.3 Å². The highest BCUT2D eigenvalue weighted by molar-refractivity contribution is 6.35. The van der Waals surface area contributed by atoms with Crippen molar-refractivity contribution in [2.75, 3.05) is 6.61 Å². The molecule has 2 aromatic rings. The highest BCUT2D eigenvalue weighted by atomic mass is 35.5. The van der Waals surface area contributed by atoms with Crippen LogP contribution in [0.15, 0.2) is 0 Å². The molecule has 0 bridgehead atoms. The molecular formula is C11H11Cl2N5O3. The van der Waals surface area contributed by atoms with E-state index in [2.05, 4.69) is 20.3 Å². The monoisotopic (exact) mass is 331 g/mol. The Morgan fingerprint density at radius 1 is 1.43 bits per heavy atom. The first-order valence-electron chi connectivity index (χ1n) is 6.27. The van der Waals surface area contributed by atoms with E-state index >= 15 is 0 Å². The maximum absolute atomic E-state index is 10.8. The van der Waals surface area contributed by atoms with E-state index < -0.39 is 0 Å². The molecular weight excluding hydrogens is 321 g/mol. The topological polar surface area (TPSA) is 92.0 Å². The van der Waals surface area contributed by atoms with Gasteiger partial charge in [-0.15, -0.1) is 5.10 Å². The van der Waals surface area contributed by atoms with Crippen LogP contribution in [0.5, 0.6) is 0 Å². The van der Waals surface area contributed by atoms with Gasteiger partial charge in [-0.2, -0.15) is 9.67 Å². The first kappa shape index (κ1) is 14.4. The normalized spacial score (nSPS) is 21.9. The van der Waals surface area contributed by atoms with Gasteiger partial charge >= 0.3 is 5.97 Å². The lowest BCUT2D eigenvalue weighted by Gasteiger charge is -2.13. The van der Waals surface area contributed by atoms with Crippen molar-refractivity contribution in [3.8, 4) is 0 Å². The lowest BCUT2D eigenvalue weighted by atomic mass is 10.2. The minimum Gasteiger partial charge on any atom is -0.463 e. The second kappa shape index (κ2) is 5.70. The molecule has 0 spiro atoms. The molecule has 1 aliphatic heterocycles. The van der Waals surface area contributed by atoms with Gasteiger partial charge in [-0.1, -0.05) is 16.8 Å². The van der Waals surface area contributed by atoms with Crippen LogP contribution in [0.2, 0.25) is 10.4 Å². The fourth-order valence-corrected chi connectivity index (χ4v) is 2.58. The van der Waals surface area contributed by atoms with Crippen LogP contribution >= 0.6 is 23.2 Å². The Balaban J connectivity index is 1.81. The van der Waals surface area contributed by atoms with E-state index in [9.17, 15) is 4.79 Å². The van der Waals surface area contributed by atoms with Gasteiger partial charge in [-0.3, -0.25) is 4.79 Å². The van der Waals surface area contributed by atoms with Crippen molar-refractivity contribution < 1.29 is 14.3 Å². The van der Waals surface area contributed by atoms with Gasteiger partial charge < -0.3 is 9.47 Å². The van der Waals surface area contributed by atoms with Gasteiger partial charge in [0, 0.05) is 6.92 Å². The molecule has 1 fully saturated rings. The molecule has 2 atom stereocenters. The molecule has 0 unspecified atom stereocenters. The van der Waals surface area contributed by atoms with Crippen LogP contribution in [0, 0.1) is 0 Å². The van der Waals surface area contributed by atoms with E-state index in [1.54, 1.807) is 0 Å². The number of aromatic nitrogens is 5. The maximum Gasteiger partial charge on any atom is 0.302 e. The summed E-state index contributed by atoms with van der Waals surface area (Å²) in [7, 11) is 0. The van der Waals surface area contributed by atoms with Gasteiger partial charge in [0.1, 0.15) is 6.61 Å². The van der Waals surface area contributed by atoms with Gasteiger partial charge in [0.25, 0.3) is 0 Å². The summed E-state index contributed by atoms with van der Waals surface area (Å²) in [5, 5.41) is 8.10. The summed E-state index contributed by atoms with van der Waals surface area (Å²) in [6, 6.07) is 0. The standard InChI is InChI=1S/C11H11Cl2N5O3/c1-5(19)20-4-6-2-3-7(21-6)18-10-8(16-17-18)9(12)14-11(13)15-10/h6-7H,2-4H2,1H3/t6-,7-/m1/s1. The summed E-state index contributed by atoms with van der Waals surface area (Å²) < 4.78 is 12.2. The number of ether oxygens (including phenoxy) is 2. The van der Waals surface area contributed by atoms with Crippen LogP contribution in [0.3, 0.4) is 0 Å². The Morgan fingerprint density at radius 3 is 3.00 bits per heavy atom. The zero-order valence-corrected chi connectivity index (χ0v) is 12.5. The number of esters is 1. The third-order valence-corrected chi connectivity index (χ3v) is 3.52. The molecule has 0 N–H and O–H groups in total. The largest absolute Gasteiger partial charge is 0.463 e. The molecule has 2 aromatic heterocycles. The molecule has 0 radical (unpaired) electrons. The number of rotatable bonds is 3. The predicted octanol–water partition coefficient (Wildman–Crippen LogP) is 1.77. The molecule has 3 heterocycles. The third-order valence-electron chi connectivity index (χ3n) is 3.08. The Morgan fingerprint density at radius 2 is 2.24 bits per heavy atom. The molecule has 0 aliphatic carbocycles. The van der Waals surface area contributed by atoms with Crippen molar-refractivity contribution in [2.45, 2.75) is 32.1 Å². The van der Waals surface area contributed by atoms with Crippen molar-refractivity contribution in [1.29, 1.82) is 0 Å². The van der Waals surface area contributed by atoms with Gasteiger partial charge in [-0.05, 0) is 24.4 Å². The van der Waals surface area contributed by atoms with Crippen LogP contribution in [0.4, 0.5) is 0 Å². The molecule has 0 amide bonds. The molecule has 10 heteroatoms. The van der Waals surface area contributed by atoms with Crippen molar-refractivity contribution in [3.63, 3.8) is 0 Å². The SMILES string of the molecule is CC(=O)OC[C@H]1CC[C@H](n2nnc3c(Cl)nc(Cl)nc32)O1. The van der Waals surface area contributed by atoms with Gasteiger partial charge in [-0.25, -0.2) is 4.98 Å². The lowest BCUT2D eigenvalue weighted by Crippen LogP contribution is -2.19. The summed E-state index contributed by atoms with van der Waals surface area (Å²) in [5.41, 5.74) is 0.784. The molecule has 0 saturated carbocycles. The van der Waals surface area contributed by atoms with Gasteiger partial charge in [0.2, 0.25) is 5.28 Å². The third kappa shape index (κ3) is 2.92. The molecule has 0 aromatic carbocycles. The first-order chi connectivity index (χ1) is 10.0. The van der Waals surface area contributed by atoms with Crippen LogP contribution in [-0.4, -0.2) is 43.6 Å². The number of carbonyl (C=O) groups is 1. The summed E-state index contributed by atoms with van der Waals surface area (Å²) in [6.07, 6.45) is 0.915. The summed E-state index contributed by atoms with van der Waals surface area (Å²) in [4.78, 5) is 18.7. The van der Waals surface area contributed by atoms with E-state index in [-0.39, 0.29) is 35.3 Å². The fraction of sp³-hybridized carbons (Fsp3) is 0.545. The van der Waals surface area contributed by atoms with E-state index in [1.807, 2.05) is 0 Å². The molecule has 1 saturated heterocycles. The van der Waals surface area contributed by atoms with Crippen LogP contribution in [0.1, 0.15) is 26.0 Å². The Kier molecular flexibility index (Phi) is 3.92. The predicted molar refractivity (Wildman–Crippen MR) is 72.9 cm³/mol. The lowest BCUT2D eigenvalue weighted by molar-refractivity contribution is -0.145. The highest BCUT2D eigenvalue weighted by Crippen LogP contribution is 2.31. The van der Waals surface area contributed by atoms with E-state index in [0.29, 0.717) is 17.6 Å².